The Balaban J connectivity index is 2.21. The molecule has 0 atom stereocenters. The molecule has 0 spiro atoms. The minimum Gasteiger partial charge on any atom is -0.493 e. The Morgan fingerprint density at radius 3 is 2.64 bits per heavy atom. The minimum atomic E-state index is -0.979. The van der Waals surface area contributed by atoms with Gasteiger partial charge in [-0.15, -0.1) is 0 Å². The number of hydrogen-bond acceptors (Lipinski definition) is 4. The molecule has 0 bridgehead atoms. The summed E-state index contributed by atoms with van der Waals surface area (Å²) in [7, 11) is 1.51. The van der Waals surface area contributed by atoms with Crippen molar-refractivity contribution in [1.82, 2.24) is 0 Å². The molecule has 5 nitrogen and oxygen atoms in total. The maximum Gasteiger partial charge on any atom is 0.335 e. The van der Waals surface area contributed by atoms with Gasteiger partial charge in [0.2, 0.25) is 0 Å². The summed E-state index contributed by atoms with van der Waals surface area (Å²) >= 11 is 3.38. The molecule has 0 aromatic heterocycles. The molecular formula is C16H15BrO5. The van der Waals surface area contributed by atoms with Crippen molar-refractivity contribution in [2.45, 2.75) is 13.2 Å². The van der Waals surface area contributed by atoms with Crippen LogP contribution in [0, 0.1) is 0 Å². The third-order valence-electron chi connectivity index (χ3n) is 3.03. The highest BCUT2D eigenvalue weighted by molar-refractivity contribution is 9.10. The molecule has 0 amide bonds. The highest BCUT2D eigenvalue weighted by Gasteiger charge is 2.12. The smallest absolute Gasteiger partial charge is 0.335 e. The van der Waals surface area contributed by atoms with Crippen molar-refractivity contribution in [2.24, 2.45) is 0 Å². The Bertz CT molecular complexity index is 684. The Hall–Kier alpha value is -2.05. The van der Waals surface area contributed by atoms with Crippen LogP contribution < -0.4 is 9.47 Å². The summed E-state index contributed by atoms with van der Waals surface area (Å²) < 4.78 is 11.6. The first-order valence-electron chi connectivity index (χ1n) is 6.47. The van der Waals surface area contributed by atoms with E-state index in [-0.39, 0.29) is 18.8 Å². The Kier molecular flexibility index (Phi) is 5.41. The summed E-state index contributed by atoms with van der Waals surface area (Å²) in [4.78, 5) is 11.0. The number of benzene rings is 2. The van der Waals surface area contributed by atoms with Crippen LogP contribution in [-0.4, -0.2) is 23.3 Å². The van der Waals surface area contributed by atoms with E-state index in [0.29, 0.717) is 21.5 Å². The molecular weight excluding hydrogens is 352 g/mol. The maximum atomic E-state index is 11.0. The second-order valence-corrected chi connectivity index (χ2v) is 5.42. The molecule has 2 rings (SSSR count). The van der Waals surface area contributed by atoms with Crippen LogP contribution in [0.4, 0.5) is 0 Å². The lowest BCUT2D eigenvalue weighted by atomic mass is 10.1. The lowest BCUT2D eigenvalue weighted by Gasteiger charge is -2.14. The number of aliphatic hydroxyl groups excluding tert-OH is 1. The number of halogens is 1. The molecule has 6 heteroatoms. The number of ether oxygens (including phenoxy) is 2. The molecule has 0 unspecified atom stereocenters. The third-order valence-corrected chi connectivity index (χ3v) is 3.62. The number of rotatable bonds is 6. The number of methoxy groups -OCH3 is 1. The summed E-state index contributed by atoms with van der Waals surface area (Å²) in [5, 5.41) is 18.2. The second kappa shape index (κ2) is 7.29. The van der Waals surface area contributed by atoms with Gasteiger partial charge in [-0.3, -0.25) is 0 Å². The van der Waals surface area contributed by atoms with Crippen molar-refractivity contribution in [1.29, 1.82) is 0 Å². The molecule has 0 heterocycles. The van der Waals surface area contributed by atoms with Crippen molar-refractivity contribution in [2.75, 3.05) is 7.11 Å². The van der Waals surface area contributed by atoms with Gasteiger partial charge in [-0.1, -0.05) is 12.1 Å². The fourth-order valence-electron chi connectivity index (χ4n) is 1.95. The standard InChI is InChI=1S/C16H15BrO5/c1-21-14-7-11(8-18)6-13(17)15(14)22-9-10-3-2-4-12(5-10)16(19)20/h2-7,18H,8-9H2,1H3,(H,19,20). The van der Waals surface area contributed by atoms with Crippen LogP contribution in [0.15, 0.2) is 40.9 Å². The van der Waals surface area contributed by atoms with Gasteiger partial charge in [0.05, 0.1) is 23.8 Å². The van der Waals surface area contributed by atoms with Gasteiger partial charge in [0.15, 0.2) is 11.5 Å². The average Bonchev–Trinajstić information content (AvgIpc) is 2.53. The van der Waals surface area contributed by atoms with Crippen molar-refractivity contribution in [3.8, 4) is 11.5 Å². The van der Waals surface area contributed by atoms with E-state index in [9.17, 15) is 9.90 Å². The largest absolute Gasteiger partial charge is 0.493 e. The molecule has 0 radical (unpaired) electrons. The quantitative estimate of drug-likeness (QED) is 0.820. The summed E-state index contributed by atoms with van der Waals surface area (Å²) in [6.45, 7) is 0.102. The predicted molar refractivity (Wildman–Crippen MR) is 84.4 cm³/mol. The third kappa shape index (κ3) is 3.78. The van der Waals surface area contributed by atoms with E-state index < -0.39 is 5.97 Å². The van der Waals surface area contributed by atoms with Crippen LogP contribution in [0.1, 0.15) is 21.5 Å². The molecule has 2 aromatic rings. The number of carboxylic acid groups (broad SMARTS) is 1. The first-order chi connectivity index (χ1) is 10.5. The Morgan fingerprint density at radius 1 is 1.23 bits per heavy atom. The lowest BCUT2D eigenvalue weighted by Crippen LogP contribution is -2.02. The molecule has 0 aliphatic heterocycles. The molecule has 0 saturated carbocycles. The van der Waals surface area contributed by atoms with E-state index in [0.717, 1.165) is 5.56 Å². The van der Waals surface area contributed by atoms with Crippen molar-refractivity contribution in [3.63, 3.8) is 0 Å². The van der Waals surface area contributed by atoms with E-state index in [1.807, 2.05) is 0 Å². The van der Waals surface area contributed by atoms with E-state index in [2.05, 4.69) is 15.9 Å². The average molecular weight is 367 g/mol. The van der Waals surface area contributed by atoms with Crippen molar-refractivity contribution < 1.29 is 24.5 Å². The summed E-state index contributed by atoms with van der Waals surface area (Å²) in [5.74, 6) is 0.0150. The summed E-state index contributed by atoms with van der Waals surface area (Å²) in [6, 6.07) is 9.97. The van der Waals surface area contributed by atoms with E-state index >= 15 is 0 Å². The second-order valence-electron chi connectivity index (χ2n) is 4.56. The molecule has 116 valence electrons. The maximum absolute atomic E-state index is 11.0. The van der Waals surface area contributed by atoms with E-state index in [1.54, 1.807) is 30.3 Å². The van der Waals surface area contributed by atoms with Crippen LogP contribution in [0.2, 0.25) is 0 Å². The van der Waals surface area contributed by atoms with E-state index in [4.69, 9.17) is 14.6 Å². The monoisotopic (exact) mass is 366 g/mol. The van der Waals surface area contributed by atoms with Crippen LogP contribution in [0.25, 0.3) is 0 Å². The predicted octanol–water partition coefficient (Wildman–Crippen LogP) is 3.23. The lowest BCUT2D eigenvalue weighted by molar-refractivity contribution is 0.0696. The van der Waals surface area contributed by atoms with E-state index in [1.165, 1.54) is 13.2 Å². The molecule has 0 aliphatic rings. The number of aliphatic hydroxyl groups is 1. The number of aromatic carboxylic acids is 1. The van der Waals surface area contributed by atoms with Gasteiger partial charge in [-0.25, -0.2) is 4.79 Å². The Labute approximate surface area is 136 Å². The van der Waals surface area contributed by atoms with Crippen LogP contribution in [-0.2, 0) is 13.2 Å². The van der Waals surface area contributed by atoms with Gasteiger partial charge < -0.3 is 19.7 Å². The van der Waals surface area contributed by atoms with Gasteiger partial charge in [0.1, 0.15) is 6.61 Å². The fraction of sp³-hybridized carbons (Fsp3) is 0.188. The van der Waals surface area contributed by atoms with Crippen LogP contribution >= 0.6 is 15.9 Å². The molecule has 22 heavy (non-hydrogen) atoms. The molecule has 2 aromatic carbocycles. The van der Waals surface area contributed by atoms with Crippen molar-refractivity contribution in [3.05, 3.63) is 57.6 Å². The first kappa shape index (κ1) is 16.3. The van der Waals surface area contributed by atoms with Gasteiger partial charge >= 0.3 is 5.97 Å². The molecule has 0 aliphatic carbocycles. The normalized spacial score (nSPS) is 10.3. The molecule has 0 fully saturated rings. The summed E-state index contributed by atoms with van der Waals surface area (Å²) in [6.07, 6.45) is 0. The minimum absolute atomic E-state index is 0.101. The van der Waals surface area contributed by atoms with Crippen LogP contribution in [0.5, 0.6) is 11.5 Å². The van der Waals surface area contributed by atoms with Crippen LogP contribution in [0.3, 0.4) is 0 Å². The SMILES string of the molecule is COc1cc(CO)cc(Br)c1OCc1cccc(C(=O)O)c1. The zero-order valence-corrected chi connectivity index (χ0v) is 13.5. The highest BCUT2D eigenvalue weighted by atomic mass is 79.9. The zero-order valence-electron chi connectivity index (χ0n) is 11.9. The first-order valence-corrected chi connectivity index (χ1v) is 7.26. The van der Waals surface area contributed by atoms with Gasteiger partial charge in [0, 0.05) is 0 Å². The van der Waals surface area contributed by atoms with Gasteiger partial charge in [0.25, 0.3) is 0 Å². The number of hydrogen-bond donors (Lipinski definition) is 2. The molecule has 0 saturated heterocycles. The topological polar surface area (TPSA) is 76.0 Å². The van der Waals surface area contributed by atoms with Gasteiger partial charge in [-0.05, 0) is 51.3 Å². The Morgan fingerprint density at radius 2 is 2.00 bits per heavy atom. The van der Waals surface area contributed by atoms with Crippen molar-refractivity contribution >= 4 is 21.9 Å². The summed E-state index contributed by atoms with van der Waals surface area (Å²) in [5.41, 5.74) is 1.65. The van der Waals surface area contributed by atoms with Gasteiger partial charge in [-0.2, -0.15) is 0 Å². The fourth-order valence-corrected chi connectivity index (χ4v) is 2.56. The molecule has 2 N–H and O–H groups in total. The highest BCUT2D eigenvalue weighted by Crippen LogP contribution is 2.37. The number of carboxylic acids is 1. The number of carbonyl (C=O) groups is 1. The zero-order chi connectivity index (χ0) is 16.1.